The molecular formula is C15H17NO4. The Morgan fingerprint density at radius 1 is 1.30 bits per heavy atom. The van der Waals surface area contributed by atoms with Crippen molar-refractivity contribution in [1.29, 1.82) is 0 Å². The van der Waals surface area contributed by atoms with Gasteiger partial charge in [0.25, 0.3) is 0 Å². The first kappa shape index (κ1) is 14.1. The fourth-order valence-electron chi connectivity index (χ4n) is 2.03. The molecule has 5 nitrogen and oxygen atoms in total. The molecule has 1 amide bonds. The molecule has 0 radical (unpaired) electrons. The van der Waals surface area contributed by atoms with E-state index in [2.05, 4.69) is 0 Å². The largest absolute Gasteiger partial charge is 0.467 e. The Balaban J connectivity index is 1.98. The van der Waals surface area contributed by atoms with Crippen molar-refractivity contribution in [3.63, 3.8) is 0 Å². The number of ether oxygens (including phenoxy) is 2. The lowest BCUT2D eigenvalue weighted by Crippen LogP contribution is -2.43. The molecule has 1 aromatic carbocycles. The molecular weight excluding hydrogens is 258 g/mol. The van der Waals surface area contributed by atoms with Crippen molar-refractivity contribution in [3.05, 3.63) is 48.2 Å². The van der Waals surface area contributed by atoms with E-state index in [1.165, 1.54) is 12.0 Å². The lowest BCUT2D eigenvalue weighted by molar-refractivity contribution is -0.146. The van der Waals surface area contributed by atoms with Gasteiger partial charge in [0, 0.05) is 6.20 Å². The standard InChI is InChI=1S/C15H17NO4/c1-19-14(17)13-9-5-6-10-16(13)15(18)20-11-12-7-3-2-4-8-12/h2-4,6-8,10,13H,5,9,11H2,1H3. The summed E-state index contributed by atoms with van der Waals surface area (Å²) < 4.78 is 9.93. The van der Waals surface area contributed by atoms with Crippen molar-refractivity contribution in [3.8, 4) is 0 Å². The van der Waals surface area contributed by atoms with Crippen LogP contribution in [0.2, 0.25) is 0 Å². The van der Waals surface area contributed by atoms with E-state index in [0.717, 1.165) is 12.0 Å². The summed E-state index contributed by atoms with van der Waals surface area (Å²) in [5.74, 6) is -0.425. The van der Waals surface area contributed by atoms with Crippen LogP contribution < -0.4 is 0 Å². The zero-order chi connectivity index (χ0) is 14.4. The Bertz CT molecular complexity index is 498. The average molecular weight is 275 g/mol. The fourth-order valence-corrected chi connectivity index (χ4v) is 2.03. The second-order valence-electron chi connectivity index (χ2n) is 4.45. The van der Waals surface area contributed by atoms with Crippen LogP contribution in [0.15, 0.2) is 42.6 Å². The van der Waals surface area contributed by atoms with Gasteiger partial charge in [-0.3, -0.25) is 4.90 Å². The molecule has 1 heterocycles. The van der Waals surface area contributed by atoms with Crippen LogP contribution in [0, 0.1) is 0 Å². The van der Waals surface area contributed by atoms with Gasteiger partial charge in [-0.25, -0.2) is 9.59 Å². The summed E-state index contributed by atoms with van der Waals surface area (Å²) in [5.41, 5.74) is 0.899. The number of methoxy groups -OCH3 is 1. The molecule has 0 aromatic heterocycles. The van der Waals surface area contributed by atoms with E-state index in [1.54, 1.807) is 6.20 Å². The third kappa shape index (κ3) is 3.38. The first-order valence-electron chi connectivity index (χ1n) is 6.46. The lowest BCUT2D eigenvalue weighted by atomic mass is 10.1. The van der Waals surface area contributed by atoms with Crippen LogP contribution >= 0.6 is 0 Å². The molecule has 0 saturated heterocycles. The number of carbonyl (C=O) groups is 2. The minimum Gasteiger partial charge on any atom is -0.467 e. The minimum absolute atomic E-state index is 0.178. The SMILES string of the molecule is COC(=O)C1CCC=CN1C(=O)OCc1ccccc1. The van der Waals surface area contributed by atoms with Crippen molar-refractivity contribution in [2.45, 2.75) is 25.5 Å². The summed E-state index contributed by atoms with van der Waals surface area (Å²) in [6.45, 7) is 0.178. The van der Waals surface area contributed by atoms with Gasteiger partial charge in [0.1, 0.15) is 12.6 Å². The maximum atomic E-state index is 12.0. The number of carbonyl (C=O) groups excluding carboxylic acids is 2. The van der Waals surface area contributed by atoms with E-state index in [4.69, 9.17) is 9.47 Å². The number of esters is 1. The number of hydrogen-bond donors (Lipinski definition) is 0. The molecule has 0 fully saturated rings. The number of nitrogens with zero attached hydrogens (tertiary/aromatic N) is 1. The number of allylic oxidation sites excluding steroid dienone is 1. The molecule has 5 heteroatoms. The molecule has 1 aromatic rings. The number of rotatable bonds is 3. The Morgan fingerprint density at radius 2 is 2.05 bits per heavy atom. The van der Waals surface area contributed by atoms with Gasteiger partial charge < -0.3 is 9.47 Å². The highest BCUT2D eigenvalue weighted by Gasteiger charge is 2.31. The molecule has 1 aliphatic heterocycles. The monoisotopic (exact) mass is 275 g/mol. The number of benzene rings is 1. The normalized spacial score (nSPS) is 17.6. The van der Waals surface area contributed by atoms with Crippen molar-refractivity contribution in [1.82, 2.24) is 4.90 Å². The zero-order valence-corrected chi connectivity index (χ0v) is 11.3. The summed E-state index contributed by atoms with van der Waals surface area (Å²) in [5, 5.41) is 0. The van der Waals surface area contributed by atoms with Crippen molar-refractivity contribution < 1.29 is 19.1 Å². The van der Waals surface area contributed by atoms with Crippen LogP contribution in [0.4, 0.5) is 4.79 Å². The summed E-state index contributed by atoms with van der Waals surface area (Å²) in [7, 11) is 1.31. The quantitative estimate of drug-likeness (QED) is 0.795. The number of hydrogen-bond acceptors (Lipinski definition) is 4. The maximum Gasteiger partial charge on any atom is 0.414 e. The van der Waals surface area contributed by atoms with E-state index in [0.29, 0.717) is 6.42 Å². The molecule has 1 atom stereocenters. The van der Waals surface area contributed by atoms with Crippen LogP contribution in [0.5, 0.6) is 0 Å². The Morgan fingerprint density at radius 3 is 2.75 bits per heavy atom. The molecule has 1 aliphatic rings. The fraction of sp³-hybridized carbons (Fsp3) is 0.333. The summed E-state index contributed by atoms with van der Waals surface area (Å²) in [4.78, 5) is 25.0. The topological polar surface area (TPSA) is 55.8 Å². The van der Waals surface area contributed by atoms with Crippen molar-refractivity contribution in [2.75, 3.05) is 7.11 Å². The van der Waals surface area contributed by atoms with Crippen LogP contribution in [0.25, 0.3) is 0 Å². The van der Waals surface area contributed by atoms with Crippen molar-refractivity contribution >= 4 is 12.1 Å². The van der Waals surface area contributed by atoms with Gasteiger partial charge in [0.15, 0.2) is 0 Å². The predicted octanol–water partition coefficient (Wildman–Crippen LogP) is 2.47. The van der Waals surface area contributed by atoms with Gasteiger partial charge in [0.2, 0.25) is 0 Å². The van der Waals surface area contributed by atoms with Crippen LogP contribution in [0.3, 0.4) is 0 Å². The van der Waals surface area contributed by atoms with E-state index in [1.807, 2.05) is 36.4 Å². The third-order valence-corrected chi connectivity index (χ3v) is 3.10. The van der Waals surface area contributed by atoms with E-state index in [-0.39, 0.29) is 6.61 Å². The van der Waals surface area contributed by atoms with Crippen LogP contribution in [-0.2, 0) is 20.9 Å². The Kier molecular flexibility index (Phi) is 4.76. The zero-order valence-electron chi connectivity index (χ0n) is 11.3. The minimum atomic E-state index is -0.603. The summed E-state index contributed by atoms with van der Waals surface area (Å²) in [6, 6.07) is 8.79. The second-order valence-corrected chi connectivity index (χ2v) is 4.45. The molecule has 0 saturated carbocycles. The average Bonchev–Trinajstić information content (AvgIpc) is 2.52. The van der Waals surface area contributed by atoms with E-state index >= 15 is 0 Å². The van der Waals surface area contributed by atoms with Gasteiger partial charge in [0.05, 0.1) is 7.11 Å². The van der Waals surface area contributed by atoms with Gasteiger partial charge in [-0.15, -0.1) is 0 Å². The highest BCUT2D eigenvalue weighted by molar-refractivity contribution is 5.82. The van der Waals surface area contributed by atoms with E-state index < -0.39 is 18.1 Å². The molecule has 2 rings (SSSR count). The highest BCUT2D eigenvalue weighted by atomic mass is 16.6. The Hall–Kier alpha value is -2.30. The maximum absolute atomic E-state index is 12.0. The molecule has 0 aliphatic carbocycles. The first-order chi connectivity index (χ1) is 9.72. The van der Waals surface area contributed by atoms with Crippen LogP contribution in [-0.4, -0.2) is 30.1 Å². The summed E-state index contributed by atoms with van der Waals surface area (Å²) >= 11 is 0. The third-order valence-electron chi connectivity index (χ3n) is 3.10. The molecule has 0 bridgehead atoms. The number of amides is 1. The van der Waals surface area contributed by atoms with Gasteiger partial charge >= 0.3 is 12.1 Å². The summed E-state index contributed by atoms with van der Waals surface area (Å²) in [6.07, 6.45) is 4.16. The molecule has 1 unspecified atom stereocenters. The van der Waals surface area contributed by atoms with Crippen LogP contribution in [0.1, 0.15) is 18.4 Å². The molecule has 106 valence electrons. The van der Waals surface area contributed by atoms with Crippen molar-refractivity contribution in [2.24, 2.45) is 0 Å². The van der Waals surface area contributed by atoms with E-state index in [9.17, 15) is 9.59 Å². The van der Waals surface area contributed by atoms with Gasteiger partial charge in [-0.1, -0.05) is 36.4 Å². The predicted molar refractivity (Wildman–Crippen MR) is 72.6 cm³/mol. The van der Waals surface area contributed by atoms with Gasteiger partial charge in [-0.2, -0.15) is 0 Å². The Labute approximate surface area is 117 Å². The molecule has 20 heavy (non-hydrogen) atoms. The molecule has 0 N–H and O–H groups in total. The highest BCUT2D eigenvalue weighted by Crippen LogP contribution is 2.17. The van der Waals surface area contributed by atoms with Gasteiger partial charge in [-0.05, 0) is 18.4 Å². The second kappa shape index (κ2) is 6.75. The molecule has 0 spiro atoms. The lowest BCUT2D eigenvalue weighted by Gasteiger charge is -2.28. The first-order valence-corrected chi connectivity index (χ1v) is 6.46. The smallest absolute Gasteiger partial charge is 0.414 e.